The lowest BCUT2D eigenvalue weighted by atomic mass is 10.0. The molecule has 1 atom stereocenters. The molecular formula is C18H23N3O2. The lowest BCUT2D eigenvalue weighted by molar-refractivity contribution is 0.119. The van der Waals surface area contributed by atoms with Gasteiger partial charge in [0.05, 0.1) is 25.0 Å². The minimum atomic E-state index is 0.0663. The third-order valence-corrected chi connectivity index (χ3v) is 4.14. The molecule has 0 bridgehead atoms. The van der Waals surface area contributed by atoms with Gasteiger partial charge in [0.15, 0.2) is 0 Å². The Labute approximate surface area is 137 Å². The van der Waals surface area contributed by atoms with E-state index in [4.69, 9.17) is 14.5 Å². The fourth-order valence-corrected chi connectivity index (χ4v) is 2.69. The van der Waals surface area contributed by atoms with Crippen molar-refractivity contribution in [1.82, 2.24) is 9.97 Å². The first-order valence-electron chi connectivity index (χ1n) is 7.99. The molecule has 2 heterocycles. The summed E-state index contributed by atoms with van der Waals surface area (Å²) in [4.78, 5) is 11.5. The second-order valence-corrected chi connectivity index (χ2v) is 5.80. The molecule has 1 aromatic heterocycles. The van der Waals surface area contributed by atoms with E-state index in [9.17, 15) is 0 Å². The van der Waals surface area contributed by atoms with Gasteiger partial charge in [-0.15, -0.1) is 0 Å². The van der Waals surface area contributed by atoms with E-state index in [1.807, 2.05) is 26.0 Å². The number of aromatic nitrogens is 2. The summed E-state index contributed by atoms with van der Waals surface area (Å²) in [6.07, 6.45) is 0.0663. The molecule has 1 aliphatic heterocycles. The van der Waals surface area contributed by atoms with Crippen LogP contribution >= 0.6 is 0 Å². The molecule has 0 amide bonds. The third-order valence-electron chi connectivity index (χ3n) is 4.14. The van der Waals surface area contributed by atoms with Crippen LogP contribution in [0.25, 0.3) is 11.3 Å². The second kappa shape index (κ2) is 7.06. The number of ether oxygens (including phenoxy) is 2. The molecule has 0 N–H and O–H groups in total. The highest BCUT2D eigenvalue weighted by Gasteiger charge is 2.16. The molecule has 0 saturated carbocycles. The Balaban J connectivity index is 1.94. The van der Waals surface area contributed by atoms with Gasteiger partial charge in [-0.3, -0.25) is 0 Å². The van der Waals surface area contributed by atoms with Crippen LogP contribution in [0.5, 0.6) is 0 Å². The quantitative estimate of drug-likeness (QED) is 0.868. The van der Waals surface area contributed by atoms with Crippen LogP contribution < -0.4 is 4.90 Å². The van der Waals surface area contributed by atoms with E-state index in [0.29, 0.717) is 0 Å². The molecule has 0 aliphatic carbocycles. The summed E-state index contributed by atoms with van der Waals surface area (Å²) in [7, 11) is 1.72. The van der Waals surface area contributed by atoms with Crippen LogP contribution in [0.15, 0.2) is 30.3 Å². The molecular weight excluding hydrogens is 290 g/mol. The molecule has 2 aromatic rings. The molecule has 1 fully saturated rings. The fourth-order valence-electron chi connectivity index (χ4n) is 2.69. The van der Waals surface area contributed by atoms with Crippen LogP contribution in [-0.4, -0.2) is 43.4 Å². The molecule has 3 rings (SSSR count). The van der Waals surface area contributed by atoms with Crippen molar-refractivity contribution < 1.29 is 9.47 Å². The van der Waals surface area contributed by atoms with Crippen LogP contribution in [0, 0.1) is 6.92 Å². The van der Waals surface area contributed by atoms with Gasteiger partial charge in [0.2, 0.25) is 5.95 Å². The average Bonchev–Trinajstić information content (AvgIpc) is 2.61. The van der Waals surface area contributed by atoms with Gasteiger partial charge < -0.3 is 14.4 Å². The number of hydrogen-bond donors (Lipinski definition) is 0. The summed E-state index contributed by atoms with van der Waals surface area (Å²) in [5.41, 5.74) is 4.16. The van der Waals surface area contributed by atoms with Crippen LogP contribution in [-0.2, 0) is 9.47 Å². The van der Waals surface area contributed by atoms with Crippen molar-refractivity contribution >= 4 is 5.95 Å². The highest BCUT2D eigenvalue weighted by Crippen LogP contribution is 2.25. The normalized spacial score (nSPS) is 16.4. The largest absolute Gasteiger partial charge is 0.378 e. The van der Waals surface area contributed by atoms with Crippen molar-refractivity contribution in [3.8, 4) is 11.3 Å². The molecule has 23 heavy (non-hydrogen) atoms. The zero-order chi connectivity index (χ0) is 16.2. The number of benzene rings is 1. The summed E-state index contributed by atoms with van der Waals surface area (Å²) in [6, 6.07) is 10.4. The van der Waals surface area contributed by atoms with E-state index in [1.165, 1.54) is 0 Å². The van der Waals surface area contributed by atoms with Gasteiger partial charge in [-0.2, -0.15) is 0 Å². The van der Waals surface area contributed by atoms with Crippen LogP contribution in [0.2, 0.25) is 0 Å². The molecule has 0 spiro atoms. The first kappa shape index (κ1) is 15.9. The van der Waals surface area contributed by atoms with E-state index >= 15 is 0 Å². The van der Waals surface area contributed by atoms with Crippen molar-refractivity contribution in [2.24, 2.45) is 0 Å². The number of methoxy groups -OCH3 is 1. The minimum Gasteiger partial charge on any atom is -0.378 e. The first-order valence-corrected chi connectivity index (χ1v) is 7.99. The van der Waals surface area contributed by atoms with E-state index in [-0.39, 0.29) is 6.10 Å². The van der Waals surface area contributed by atoms with E-state index in [0.717, 1.165) is 54.8 Å². The highest BCUT2D eigenvalue weighted by atomic mass is 16.5. The molecule has 5 heteroatoms. The predicted molar refractivity (Wildman–Crippen MR) is 90.7 cm³/mol. The smallest absolute Gasteiger partial charge is 0.226 e. The Kier molecular flexibility index (Phi) is 4.88. The first-order chi connectivity index (χ1) is 11.2. The van der Waals surface area contributed by atoms with Crippen LogP contribution in [0.1, 0.15) is 24.3 Å². The zero-order valence-corrected chi connectivity index (χ0v) is 14.0. The average molecular weight is 313 g/mol. The number of anilines is 1. The Morgan fingerprint density at radius 3 is 2.70 bits per heavy atom. The summed E-state index contributed by atoms with van der Waals surface area (Å²) in [5.74, 6) is 0.786. The van der Waals surface area contributed by atoms with Gasteiger partial charge in [-0.25, -0.2) is 9.97 Å². The monoisotopic (exact) mass is 313 g/mol. The minimum absolute atomic E-state index is 0.0663. The van der Waals surface area contributed by atoms with Crippen molar-refractivity contribution in [3.63, 3.8) is 0 Å². The van der Waals surface area contributed by atoms with Gasteiger partial charge in [0, 0.05) is 31.5 Å². The van der Waals surface area contributed by atoms with Crippen molar-refractivity contribution in [3.05, 3.63) is 41.6 Å². The lowest BCUT2D eigenvalue weighted by Gasteiger charge is -2.27. The zero-order valence-electron chi connectivity index (χ0n) is 14.0. The topological polar surface area (TPSA) is 47.5 Å². The Morgan fingerprint density at radius 1 is 1.17 bits per heavy atom. The number of morpholine rings is 1. The highest BCUT2D eigenvalue weighted by molar-refractivity contribution is 5.62. The standard InChI is InChI=1S/C18H23N3O2/c1-13-11-17(16-6-4-5-15(12-16)14(2)22-3)20-18(19-13)21-7-9-23-10-8-21/h4-6,11-12,14H,7-10H2,1-3H3. The summed E-state index contributed by atoms with van der Waals surface area (Å²) in [6.45, 7) is 7.19. The number of hydrogen-bond acceptors (Lipinski definition) is 5. The molecule has 1 saturated heterocycles. The number of rotatable bonds is 4. The maximum absolute atomic E-state index is 5.41. The maximum atomic E-state index is 5.41. The number of nitrogens with zero attached hydrogens (tertiary/aromatic N) is 3. The van der Waals surface area contributed by atoms with Crippen LogP contribution in [0.3, 0.4) is 0 Å². The number of aryl methyl sites for hydroxylation is 1. The van der Waals surface area contributed by atoms with Gasteiger partial charge in [0.25, 0.3) is 0 Å². The summed E-state index contributed by atoms with van der Waals surface area (Å²) >= 11 is 0. The molecule has 1 unspecified atom stereocenters. The predicted octanol–water partition coefficient (Wildman–Crippen LogP) is 3.00. The van der Waals surface area contributed by atoms with Crippen molar-refractivity contribution in [1.29, 1.82) is 0 Å². The van der Waals surface area contributed by atoms with E-state index in [1.54, 1.807) is 7.11 Å². The Morgan fingerprint density at radius 2 is 1.96 bits per heavy atom. The second-order valence-electron chi connectivity index (χ2n) is 5.80. The fraction of sp³-hybridized carbons (Fsp3) is 0.444. The maximum Gasteiger partial charge on any atom is 0.226 e. The SMILES string of the molecule is COC(C)c1cccc(-c2cc(C)nc(N3CCOCC3)n2)c1. The Bertz CT molecular complexity index is 669. The van der Waals surface area contributed by atoms with Crippen molar-refractivity contribution in [2.45, 2.75) is 20.0 Å². The summed E-state index contributed by atoms with van der Waals surface area (Å²) in [5, 5.41) is 0. The molecule has 1 aliphatic rings. The van der Waals surface area contributed by atoms with E-state index in [2.05, 4.69) is 28.1 Å². The van der Waals surface area contributed by atoms with Crippen LogP contribution in [0.4, 0.5) is 5.95 Å². The summed E-state index contributed by atoms with van der Waals surface area (Å²) < 4.78 is 10.8. The third kappa shape index (κ3) is 3.68. The molecule has 1 aromatic carbocycles. The van der Waals surface area contributed by atoms with Crippen molar-refractivity contribution in [2.75, 3.05) is 38.3 Å². The van der Waals surface area contributed by atoms with E-state index < -0.39 is 0 Å². The molecule has 122 valence electrons. The van der Waals surface area contributed by atoms with Gasteiger partial charge >= 0.3 is 0 Å². The molecule has 0 radical (unpaired) electrons. The van der Waals surface area contributed by atoms with Gasteiger partial charge in [-0.05, 0) is 31.5 Å². The lowest BCUT2D eigenvalue weighted by Crippen LogP contribution is -2.37. The van der Waals surface area contributed by atoms with Gasteiger partial charge in [0.1, 0.15) is 0 Å². The Hall–Kier alpha value is -1.98. The van der Waals surface area contributed by atoms with Gasteiger partial charge in [-0.1, -0.05) is 18.2 Å². The molecule has 5 nitrogen and oxygen atoms in total.